The van der Waals surface area contributed by atoms with Gasteiger partial charge in [-0.15, -0.1) is 12.4 Å². The lowest BCUT2D eigenvalue weighted by Gasteiger charge is -2.39. The number of alkyl halides is 3. The molecule has 1 fully saturated rings. The molecule has 0 aromatic carbocycles. The van der Waals surface area contributed by atoms with Gasteiger partial charge >= 0.3 is 0 Å². The smallest absolute Gasteiger partial charge is 0.254 e. The highest BCUT2D eigenvalue weighted by Gasteiger charge is 2.56. The Morgan fingerprint density at radius 1 is 1.20 bits per heavy atom. The summed E-state index contributed by atoms with van der Waals surface area (Å²) < 4.78 is 36.4. The zero-order valence-corrected chi connectivity index (χ0v) is 6.06. The van der Waals surface area contributed by atoms with Crippen molar-refractivity contribution in [2.24, 2.45) is 5.73 Å². The molecule has 0 amide bonds. The Labute approximate surface area is 63.2 Å². The van der Waals surface area contributed by atoms with Crippen molar-refractivity contribution in [1.82, 2.24) is 0 Å². The van der Waals surface area contributed by atoms with Crippen LogP contribution in [0.3, 0.4) is 0 Å². The van der Waals surface area contributed by atoms with E-state index in [0.717, 1.165) is 0 Å². The van der Waals surface area contributed by atoms with Crippen molar-refractivity contribution in [2.45, 2.75) is 24.4 Å². The van der Waals surface area contributed by atoms with E-state index < -0.39 is 24.4 Å². The Kier molecular flexibility index (Phi) is 2.59. The minimum atomic E-state index is -2.80. The van der Waals surface area contributed by atoms with Gasteiger partial charge in [0.1, 0.15) is 5.67 Å². The van der Waals surface area contributed by atoms with Crippen LogP contribution in [0.2, 0.25) is 0 Å². The number of hydrogen-bond donors (Lipinski definition) is 1. The molecule has 0 radical (unpaired) electrons. The molecule has 0 spiro atoms. The van der Waals surface area contributed by atoms with E-state index in [0.29, 0.717) is 0 Å². The molecule has 1 rings (SSSR count). The quantitative estimate of drug-likeness (QED) is 0.642. The van der Waals surface area contributed by atoms with Crippen molar-refractivity contribution in [3.05, 3.63) is 0 Å². The molecule has 5 heteroatoms. The van der Waals surface area contributed by atoms with Gasteiger partial charge in [0, 0.05) is 19.4 Å². The van der Waals surface area contributed by atoms with Crippen molar-refractivity contribution in [2.75, 3.05) is 6.54 Å². The first-order valence-corrected chi connectivity index (χ1v) is 2.74. The fraction of sp³-hybridized carbons (Fsp3) is 1.00. The van der Waals surface area contributed by atoms with E-state index >= 15 is 0 Å². The van der Waals surface area contributed by atoms with Gasteiger partial charge in [-0.25, -0.2) is 13.2 Å². The van der Waals surface area contributed by atoms with Crippen LogP contribution in [-0.4, -0.2) is 18.1 Å². The first-order valence-electron chi connectivity index (χ1n) is 2.74. The molecule has 0 aromatic heterocycles. The van der Waals surface area contributed by atoms with Gasteiger partial charge in [0.2, 0.25) is 0 Å². The lowest BCUT2D eigenvalue weighted by Crippen LogP contribution is -2.52. The molecule has 1 saturated carbocycles. The minimum absolute atomic E-state index is 0. The van der Waals surface area contributed by atoms with Gasteiger partial charge in [-0.3, -0.25) is 0 Å². The predicted molar refractivity (Wildman–Crippen MR) is 34.3 cm³/mol. The third-order valence-electron chi connectivity index (χ3n) is 1.52. The third-order valence-corrected chi connectivity index (χ3v) is 1.52. The zero-order chi connectivity index (χ0) is 7.12. The lowest BCUT2D eigenvalue weighted by molar-refractivity contribution is -0.165. The second kappa shape index (κ2) is 2.58. The van der Waals surface area contributed by atoms with Crippen LogP contribution < -0.4 is 5.73 Å². The van der Waals surface area contributed by atoms with Crippen LogP contribution in [0.5, 0.6) is 0 Å². The molecule has 1 nitrogen and oxygen atoms in total. The van der Waals surface area contributed by atoms with Crippen LogP contribution in [0.25, 0.3) is 0 Å². The van der Waals surface area contributed by atoms with Gasteiger partial charge in [-0.05, 0) is 0 Å². The van der Waals surface area contributed by atoms with Gasteiger partial charge in [0.05, 0.1) is 0 Å². The standard InChI is InChI=1S/C5H8F3N.ClH/c6-4(3-9)1-5(7,8)2-4;/h1-3,9H2;1H. The van der Waals surface area contributed by atoms with E-state index in [4.69, 9.17) is 5.73 Å². The molecular formula is C5H9ClF3N. The summed E-state index contributed by atoms with van der Waals surface area (Å²) in [6, 6.07) is 0. The molecule has 2 N–H and O–H groups in total. The van der Waals surface area contributed by atoms with E-state index in [1.807, 2.05) is 0 Å². The summed E-state index contributed by atoms with van der Waals surface area (Å²) in [6.07, 6.45) is -1.40. The molecule has 1 aliphatic carbocycles. The highest BCUT2D eigenvalue weighted by Crippen LogP contribution is 2.47. The van der Waals surface area contributed by atoms with Gasteiger partial charge in [-0.2, -0.15) is 0 Å². The Morgan fingerprint density at radius 3 is 1.70 bits per heavy atom. The Bertz CT molecular complexity index is 120. The summed E-state index contributed by atoms with van der Waals surface area (Å²) in [4.78, 5) is 0. The average Bonchev–Trinajstić information content (AvgIpc) is 1.61. The molecule has 0 unspecified atom stereocenters. The molecule has 10 heavy (non-hydrogen) atoms. The maximum atomic E-state index is 12.5. The first-order chi connectivity index (χ1) is 3.97. The summed E-state index contributed by atoms with van der Waals surface area (Å²) in [7, 11) is 0. The summed E-state index contributed by atoms with van der Waals surface area (Å²) in [5, 5.41) is 0. The third kappa shape index (κ3) is 1.76. The SMILES string of the molecule is Cl.NCC1(F)CC(F)(F)C1. The molecule has 0 atom stereocenters. The normalized spacial score (nSPS) is 26.4. The number of halogens is 4. The molecular weight excluding hydrogens is 167 g/mol. The molecule has 0 saturated heterocycles. The van der Waals surface area contributed by atoms with Crippen molar-refractivity contribution >= 4 is 12.4 Å². The van der Waals surface area contributed by atoms with Crippen LogP contribution in [-0.2, 0) is 0 Å². The second-order valence-electron chi connectivity index (χ2n) is 2.56. The van der Waals surface area contributed by atoms with E-state index in [1.54, 1.807) is 0 Å². The number of hydrogen-bond acceptors (Lipinski definition) is 1. The summed E-state index contributed by atoms with van der Waals surface area (Å²) in [6.45, 7) is -0.289. The molecule has 0 heterocycles. The number of rotatable bonds is 1. The lowest BCUT2D eigenvalue weighted by atomic mass is 9.78. The Balaban J connectivity index is 0.000000810. The van der Waals surface area contributed by atoms with Gasteiger partial charge in [0.25, 0.3) is 5.92 Å². The molecule has 62 valence electrons. The average molecular weight is 176 g/mol. The zero-order valence-electron chi connectivity index (χ0n) is 5.24. The van der Waals surface area contributed by atoms with Gasteiger partial charge in [0.15, 0.2) is 0 Å². The van der Waals surface area contributed by atoms with Gasteiger partial charge in [-0.1, -0.05) is 0 Å². The van der Waals surface area contributed by atoms with Crippen LogP contribution in [0.15, 0.2) is 0 Å². The first kappa shape index (κ1) is 10.0. The van der Waals surface area contributed by atoms with Crippen molar-refractivity contribution < 1.29 is 13.2 Å². The highest BCUT2D eigenvalue weighted by atomic mass is 35.5. The number of nitrogens with two attached hydrogens (primary N) is 1. The van der Waals surface area contributed by atoms with E-state index in [1.165, 1.54) is 0 Å². The topological polar surface area (TPSA) is 26.0 Å². The maximum absolute atomic E-state index is 12.5. The largest absolute Gasteiger partial charge is 0.328 e. The fourth-order valence-corrected chi connectivity index (χ4v) is 1.02. The maximum Gasteiger partial charge on any atom is 0.254 e. The monoisotopic (exact) mass is 175 g/mol. The summed E-state index contributed by atoms with van der Waals surface area (Å²) >= 11 is 0. The molecule has 1 aliphatic rings. The fourth-order valence-electron chi connectivity index (χ4n) is 1.02. The van der Waals surface area contributed by atoms with Crippen molar-refractivity contribution in [3.63, 3.8) is 0 Å². The minimum Gasteiger partial charge on any atom is -0.328 e. The summed E-state index contributed by atoms with van der Waals surface area (Å²) in [5.41, 5.74) is 3.11. The van der Waals surface area contributed by atoms with Crippen LogP contribution in [0, 0.1) is 0 Å². The van der Waals surface area contributed by atoms with E-state index in [9.17, 15) is 13.2 Å². The van der Waals surface area contributed by atoms with Crippen molar-refractivity contribution in [1.29, 1.82) is 0 Å². The second-order valence-corrected chi connectivity index (χ2v) is 2.56. The molecule has 0 bridgehead atoms. The molecule has 0 aliphatic heterocycles. The van der Waals surface area contributed by atoms with Crippen LogP contribution in [0.4, 0.5) is 13.2 Å². The van der Waals surface area contributed by atoms with Gasteiger partial charge < -0.3 is 5.73 Å². The van der Waals surface area contributed by atoms with E-state index in [2.05, 4.69) is 0 Å². The molecule has 0 aromatic rings. The van der Waals surface area contributed by atoms with E-state index in [-0.39, 0.29) is 19.0 Å². The van der Waals surface area contributed by atoms with Crippen molar-refractivity contribution in [3.8, 4) is 0 Å². The predicted octanol–water partition coefficient (Wildman–Crippen LogP) is 1.50. The van der Waals surface area contributed by atoms with Crippen LogP contribution in [0.1, 0.15) is 12.8 Å². The van der Waals surface area contributed by atoms with Crippen LogP contribution >= 0.6 is 12.4 Å². The Hall–Kier alpha value is 0.0400. The Morgan fingerprint density at radius 2 is 1.60 bits per heavy atom. The highest BCUT2D eigenvalue weighted by molar-refractivity contribution is 5.85. The summed E-state index contributed by atoms with van der Waals surface area (Å²) in [5.74, 6) is -2.80.